The van der Waals surface area contributed by atoms with Crippen LogP contribution < -0.4 is 15.2 Å². The highest BCUT2D eigenvalue weighted by atomic mass is 32.1. The van der Waals surface area contributed by atoms with E-state index in [0.717, 1.165) is 12.3 Å². The maximum absolute atomic E-state index is 12.6. The molecule has 1 saturated heterocycles. The van der Waals surface area contributed by atoms with Crippen LogP contribution in [0.25, 0.3) is 4.96 Å². The predicted molar refractivity (Wildman–Crippen MR) is 87.6 cm³/mol. The second kappa shape index (κ2) is 6.24. The first kappa shape index (κ1) is 16.8. The number of ether oxygens (including phenoxy) is 1. The van der Waals surface area contributed by atoms with Gasteiger partial charge in [-0.2, -0.15) is 17.7 Å². The highest BCUT2D eigenvalue weighted by molar-refractivity contribution is 7.20. The number of fused-ring (bicyclic) bond motifs is 1. The smallest absolute Gasteiger partial charge is 0.417 e. The number of alkyl halides is 3. The molecule has 26 heavy (non-hydrogen) atoms. The van der Waals surface area contributed by atoms with Gasteiger partial charge in [0, 0.05) is 37.5 Å². The minimum Gasteiger partial charge on any atom is -0.472 e. The van der Waals surface area contributed by atoms with E-state index < -0.39 is 11.7 Å². The molecule has 0 N–H and O–H groups in total. The Hall–Kier alpha value is -2.69. The summed E-state index contributed by atoms with van der Waals surface area (Å²) in [5.74, 6) is 0.145. The molecule has 1 aliphatic rings. The largest absolute Gasteiger partial charge is 0.472 e. The van der Waals surface area contributed by atoms with Crippen molar-refractivity contribution < 1.29 is 17.9 Å². The van der Waals surface area contributed by atoms with E-state index in [1.807, 2.05) is 4.90 Å². The van der Waals surface area contributed by atoms with Gasteiger partial charge in [-0.3, -0.25) is 4.79 Å². The Morgan fingerprint density at radius 3 is 2.77 bits per heavy atom. The zero-order valence-electron chi connectivity index (χ0n) is 13.2. The molecule has 1 fully saturated rings. The Morgan fingerprint density at radius 1 is 1.23 bits per heavy atom. The van der Waals surface area contributed by atoms with Crippen LogP contribution in [0.3, 0.4) is 0 Å². The molecule has 0 aliphatic carbocycles. The Morgan fingerprint density at radius 2 is 2.08 bits per heavy atom. The second-order valence-electron chi connectivity index (χ2n) is 5.72. The number of pyridine rings is 1. The number of anilines is 1. The molecule has 11 heteroatoms. The van der Waals surface area contributed by atoms with E-state index >= 15 is 0 Å². The summed E-state index contributed by atoms with van der Waals surface area (Å²) < 4.78 is 44.6. The van der Waals surface area contributed by atoms with Crippen molar-refractivity contribution in [3.8, 4) is 5.88 Å². The van der Waals surface area contributed by atoms with Crippen molar-refractivity contribution in [2.75, 3.05) is 18.0 Å². The van der Waals surface area contributed by atoms with Gasteiger partial charge in [-0.05, 0) is 6.07 Å². The van der Waals surface area contributed by atoms with Gasteiger partial charge >= 0.3 is 6.18 Å². The van der Waals surface area contributed by atoms with Gasteiger partial charge in [0.05, 0.1) is 12.1 Å². The first-order chi connectivity index (χ1) is 12.4. The van der Waals surface area contributed by atoms with Crippen LogP contribution in [0.2, 0.25) is 0 Å². The van der Waals surface area contributed by atoms with Gasteiger partial charge in [0.2, 0.25) is 16.0 Å². The molecule has 0 amide bonds. The Bertz CT molecular complexity index is 985. The van der Waals surface area contributed by atoms with E-state index in [-0.39, 0.29) is 17.5 Å². The fourth-order valence-corrected chi connectivity index (χ4v) is 3.56. The minimum atomic E-state index is -4.42. The normalized spacial score (nSPS) is 17.8. The fourth-order valence-electron chi connectivity index (χ4n) is 2.65. The van der Waals surface area contributed by atoms with E-state index in [1.165, 1.54) is 34.2 Å². The summed E-state index contributed by atoms with van der Waals surface area (Å²) in [4.78, 5) is 22.0. The number of halogens is 3. The van der Waals surface area contributed by atoms with Crippen molar-refractivity contribution in [1.29, 1.82) is 0 Å². The topological polar surface area (TPSA) is 72.6 Å². The highest BCUT2D eigenvalue weighted by Gasteiger charge is 2.31. The van der Waals surface area contributed by atoms with Gasteiger partial charge in [-0.25, -0.2) is 9.97 Å². The van der Waals surface area contributed by atoms with Crippen molar-refractivity contribution >= 4 is 21.4 Å². The molecule has 0 spiro atoms. The molecule has 4 rings (SSSR count). The summed E-state index contributed by atoms with van der Waals surface area (Å²) >= 11 is 1.29. The summed E-state index contributed by atoms with van der Waals surface area (Å²) in [5, 5.41) is 4.91. The molecule has 136 valence electrons. The molecule has 3 aromatic rings. The van der Waals surface area contributed by atoms with Gasteiger partial charge in [-0.15, -0.1) is 5.10 Å². The summed E-state index contributed by atoms with van der Waals surface area (Å²) in [6, 6.07) is 3.50. The van der Waals surface area contributed by atoms with Gasteiger partial charge < -0.3 is 9.64 Å². The van der Waals surface area contributed by atoms with E-state index in [4.69, 9.17) is 4.74 Å². The Balaban J connectivity index is 1.45. The lowest BCUT2D eigenvalue weighted by Gasteiger charge is -2.15. The summed E-state index contributed by atoms with van der Waals surface area (Å²) in [5.41, 5.74) is -1.07. The molecule has 3 aromatic heterocycles. The number of nitrogens with zero attached hydrogens (tertiary/aromatic N) is 5. The molecule has 1 atom stereocenters. The third-order valence-corrected chi connectivity index (χ3v) is 4.91. The maximum atomic E-state index is 12.6. The third-order valence-electron chi connectivity index (χ3n) is 3.93. The maximum Gasteiger partial charge on any atom is 0.417 e. The third kappa shape index (κ3) is 3.21. The van der Waals surface area contributed by atoms with Gasteiger partial charge in [0.1, 0.15) is 6.10 Å². The van der Waals surface area contributed by atoms with Crippen LogP contribution in [-0.2, 0) is 6.18 Å². The van der Waals surface area contributed by atoms with Crippen LogP contribution in [0.5, 0.6) is 5.88 Å². The lowest BCUT2D eigenvalue weighted by atomic mass is 10.3. The van der Waals surface area contributed by atoms with Crippen molar-refractivity contribution in [2.24, 2.45) is 0 Å². The van der Waals surface area contributed by atoms with Crippen LogP contribution in [0.4, 0.5) is 18.3 Å². The van der Waals surface area contributed by atoms with Crippen molar-refractivity contribution in [1.82, 2.24) is 19.6 Å². The Kier molecular flexibility index (Phi) is 4.02. The van der Waals surface area contributed by atoms with Crippen molar-refractivity contribution in [3.63, 3.8) is 0 Å². The van der Waals surface area contributed by atoms with E-state index in [1.54, 1.807) is 0 Å². The summed E-state index contributed by atoms with van der Waals surface area (Å²) in [7, 11) is 0. The lowest BCUT2D eigenvalue weighted by Crippen LogP contribution is -2.25. The van der Waals surface area contributed by atoms with E-state index in [0.29, 0.717) is 29.6 Å². The molecule has 0 bridgehead atoms. The Labute approximate surface area is 148 Å². The van der Waals surface area contributed by atoms with Gasteiger partial charge in [0.25, 0.3) is 5.56 Å². The molecule has 7 nitrogen and oxygen atoms in total. The first-order valence-electron chi connectivity index (χ1n) is 7.70. The molecule has 1 unspecified atom stereocenters. The van der Waals surface area contributed by atoms with E-state index in [2.05, 4.69) is 15.1 Å². The summed E-state index contributed by atoms with van der Waals surface area (Å²) in [6.07, 6.45) is -1.79. The van der Waals surface area contributed by atoms with Crippen molar-refractivity contribution in [2.45, 2.75) is 18.7 Å². The summed E-state index contributed by atoms with van der Waals surface area (Å²) in [6.45, 7) is 1.15. The molecule has 4 heterocycles. The number of aromatic nitrogens is 4. The standard InChI is InChI=1S/C15H12F3N5O2S/c16-15(17,18)9-1-2-11(20-7-9)25-10-4-6-22(8-10)14-21-23-12(24)3-5-19-13(23)26-14/h1-3,5,7,10H,4,6,8H2. The quantitative estimate of drug-likeness (QED) is 0.691. The van der Waals surface area contributed by atoms with Crippen molar-refractivity contribution in [3.05, 3.63) is 46.5 Å². The second-order valence-corrected chi connectivity index (χ2v) is 6.65. The lowest BCUT2D eigenvalue weighted by molar-refractivity contribution is -0.137. The molecular formula is C15H12F3N5O2S. The van der Waals surface area contributed by atoms with E-state index in [9.17, 15) is 18.0 Å². The molecule has 0 radical (unpaired) electrons. The highest BCUT2D eigenvalue weighted by Crippen LogP contribution is 2.30. The average molecular weight is 383 g/mol. The zero-order chi connectivity index (χ0) is 18.3. The molecule has 0 saturated carbocycles. The zero-order valence-corrected chi connectivity index (χ0v) is 14.0. The van der Waals surface area contributed by atoms with Crippen LogP contribution in [-0.4, -0.2) is 38.8 Å². The molecule has 0 aromatic carbocycles. The van der Waals surface area contributed by atoms with Crippen LogP contribution in [0, 0.1) is 0 Å². The average Bonchev–Trinajstić information content (AvgIpc) is 3.22. The van der Waals surface area contributed by atoms with Crippen LogP contribution in [0.15, 0.2) is 35.4 Å². The molecule has 1 aliphatic heterocycles. The first-order valence-corrected chi connectivity index (χ1v) is 8.51. The number of hydrogen-bond donors (Lipinski definition) is 0. The fraction of sp³-hybridized carbons (Fsp3) is 0.333. The number of rotatable bonds is 3. The van der Waals surface area contributed by atoms with Gasteiger partial charge in [0.15, 0.2) is 0 Å². The monoisotopic (exact) mass is 383 g/mol. The van der Waals surface area contributed by atoms with Gasteiger partial charge in [-0.1, -0.05) is 11.3 Å². The minimum absolute atomic E-state index is 0.145. The number of hydrogen-bond acceptors (Lipinski definition) is 7. The van der Waals surface area contributed by atoms with Crippen LogP contribution in [0.1, 0.15) is 12.0 Å². The molecular weight excluding hydrogens is 371 g/mol. The van der Waals surface area contributed by atoms with Crippen LogP contribution >= 0.6 is 11.3 Å². The predicted octanol–water partition coefficient (Wildman–Crippen LogP) is 2.22. The SMILES string of the molecule is O=c1ccnc2sc(N3CCC(Oc4ccc(C(F)(F)F)cn4)C3)nn12.